The van der Waals surface area contributed by atoms with Gasteiger partial charge in [0.1, 0.15) is 0 Å². The first kappa shape index (κ1) is 15.2. The highest BCUT2D eigenvalue weighted by Gasteiger charge is 2.27. The molecule has 102 valence electrons. The van der Waals surface area contributed by atoms with Crippen LogP contribution in [0.3, 0.4) is 0 Å². The van der Waals surface area contributed by atoms with Gasteiger partial charge in [0.15, 0.2) is 9.84 Å². The second-order valence-corrected chi connectivity index (χ2v) is 6.93. The molecule has 1 aromatic rings. The Hall–Kier alpha value is -0.870. The second kappa shape index (κ2) is 6.90. The van der Waals surface area contributed by atoms with Gasteiger partial charge in [0.05, 0.1) is 11.0 Å². The van der Waals surface area contributed by atoms with Gasteiger partial charge in [-0.3, -0.25) is 0 Å². The zero-order chi connectivity index (χ0) is 13.6. The Balaban J connectivity index is 2.79. The maximum atomic E-state index is 12.3. The second-order valence-electron chi connectivity index (χ2n) is 4.57. The number of nitrogens with one attached hydrogen (secondary N) is 1. The molecule has 2 unspecified atom stereocenters. The summed E-state index contributed by atoms with van der Waals surface area (Å²) in [5.41, 5.74) is 0.857. The standard InChI is InChI=1S/C14H23NO2S/c1-4-14(15-5-2)12(3)18(16,17)11-13-9-7-6-8-10-13/h6-10,12,14-15H,4-5,11H2,1-3H3. The molecule has 0 aliphatic carbocycles. The van der Waals surface area contributed by atoms with Crippen molar-refractivity contribution in [3.8, 4) is 0 Å². The molecule has 0 fully saturated rings. The molecular weight excluding hydrogens is 246 g/mol. The Morgan fingerprint density at radius 2 is 1.78 bits per heavy atom. The van der Waals surface area contributed by atoms with Gasteiger partial charge in [-0.05, 0) is 25.5 Å². The van der Waals surface area contributed by atoms with Crippen LogP contribution in [0, 0.1) is 0 Å². The highest BCUT2D eigenvalue weighted by molar-refractivity contribution is 7.91. The van der Waals surface area contributed by atoms with E-state index in [4.69, 9.17) is 0 Å². The summed E-state index contributed by atoms with van der Waals surface area (Å²) in [7, 11) is -3.11. The lowest BCUT2D eigenvalue weighted by Gasteiger charge is -2.23. The fourth-order valence-electron chi connectivity index (χ4n) is 2.09. The maximum Gasteiger partial charge on any atom is 0.158 e. The van der Waals surface area contributed by atoms with Gasteiger partial charge in [0.25, 0.3) is 0 Å². The van der Waals surface area contributed by atoms with Crippen LogP contribution in [0.5, 0.6) is 0 Å². The molecule has 3 nitrogen and oxygen atoms in total. The van der Waals surface area contributed by atoms with Gasteiger partial charge in [-0.25, -0.2) is 8.42 Å². The van der Waals surface area contributed by atoms with Crippen molar-refractivity contribution in [3.05, 3.63) is 35.9 Å². The Bertz CT molecular complexity index is 442. The molecule has 1 aromatic carbocycles. The van der Waals surface area contributed by atoms with Crippen molar-refractivity contribution in [2.45, 2.75) is 44.2 Å². The van der Waals surface area contributed by atoms with Crippen LogP contribution in [0.15, 0.2) is 30.3 Å². The van der Waals surface area contributed by atoms with Crippen molar-refractivity contribution in [2.75, 3.05) is 6.54 Å². The average molecular weight is 269 g/mol. The Morgan fingerprint density at radius 1 is 1.17 bits per heavy atom. The minimum absolute atomic E-state index is 0.0312. The van der Waals surface area contributed by atoms with E-state index >= 15 is 0 Å². The highest BCUT2D eigenvalue weighted by atomic mass is 32.2. The molecule has 0 aliphatic rings. The average Bonchev–Trinajstić information content (AvgIpc) is 2.36. The predicted octanol–water partition coefficient (Wildman–Crippen LogP) is 2.38. The molecule has 18 heavy (non-hydrogen) atoms. The quantitative estimate of drug-likeness (QED) is 0.826. The van der Waals surface area contributed by atoms with Crippen molar-refractivity contribution in [3.63, 3.8) is 0 Å². The molecule has 0 aromatic heterocycles. The highest BCUT2D eigenvalue weighted by Crippen LogP contribution is 2.15. The SMILES string of the molecule is CCNC(CC)C(C)S(=O)(=O)Cc1ccccc1. The fourth-order valence-corrected chi connectivity index (χ4v) is 3.80. The van der Waals surface area contributed by atoms with E-state index in [-0.39, 0.29) is 17.0 Å². The number of hydrogen-bond donors (Lipinski definition) is 1. The van der Waals surface area contributed by atoms with Crippen molar-refractivity contribution in [2.24, 2.45) is 0 Å². The molecule has 2 atom stereocenters. The third-order valence-corrected chi connectivity index (χ3v) is 5.45. The molecular formula is C14H23NO2S. The van der Waals surface area contributed by atoms with E-state index in [1.54, 1.807) is 6.92 Å². The smallest absolute Gasteiger partial charge is 0.158 e. The van der Waals surface area contributed by atoms with E-state index in [1.165, 1.54) is 0 Å². The molecule has 1 N–H and O–H groups in total. The van der Waals surface area contributed by atoms with Gasteiger partial charge >= 0.3 is 0 Å². The molecule has 0 heterocycles. The van der Waals surface area contributed by atoms with E-state index in [1.807, 2.05) is 44.2 Å². The zero-order valence-corrected chi connectivity index (χ0v) is 12.2. The first-order chi connectivity index (χ1) is 8.51. The molecule has 0 aliphatic heterocycles. The topological polar surface area (TPSA) is 46.2 Å². The summed E-state index contributed by atoms with van der Waals surface area (Å²) >= 11 is 0. The lowest BCUT2D eigenvalue weighted by Crippen LogP contribution is -2.42. The molecule has 0 amide bonds. The summed E-state index contributed by atoms with van der Waals surface area (Å²) in [4.78, 5) is 0. The monoisotopic (exact) mass is 269 g/mol. The van der Waals surface area contributed by atoms with Crippen LogP contribution in [0.1, 0.15) is 32.8 Å². The Labute approximate surface area is 111 Å². The van der Waals surface area contributed by atoms with Crippen LogP contribution in [0.25, 0.3) is 0 Å². The Morgan fingerprint density at radius 3 is 2.28 bits per heavy atom. The van der Waals surface area contributed by atoms with E-state index in [9.17, 15) is 8.42 Å². The van der Waals surface area contributed by atoms with E-state index < -0.39 is 9.84 Å². The summed E-state index contributed by atoms with van der Waals surface area (Å²) in [5, 5.41) is 2.89. The number of rotatable bonds is 7. The van der Waals surface area contributed by atoms with Crippen LogP contribution < -0.4 is 5.32 Å². The molecule has 0 bridgehead atoms. The van der Waals surface area contributed by atoms with Crippen LogP contribution in [-0.4, -0.2) is 26.3 Å². The summed E-state index contributed by atoms with van der Waals surface area (Å²) < 4.78 is 24.7. The summed E-state index contributed by atoms with van der Waals surface area (Å²) in [6.07, 6.45) is 0.822. The molecule has 1 rings (SSSR count). The summed E-state index contributed by atoms with van der Waals surface area (Å²) in [6, 6.07) is 9.39. The van der Waals surface area contributed by atoms with Gasteiger partial charge in [0, 0.05) is 6.04 Å². The van der Waals surface area contributed by atoms with Gasteiger partial charge in [-0.1, -0.05) is 44.2 Å². The minimum atomic E-state index is -3.11. The van der Waals surface area contributed by atoms with E-state index in [0.29, 0.717) is 0 Å². The molecule has 0 radical (unpaired) electrons. The predicted molar refractivity (Wildman–Crippen MR) is 76.3 cm³/mol. The third kappa shape index (κ3) is 4.10. The molecule has 0 saturated carbocycles. The fraction of sp³-hybridized carbons (Fsp3) is 0.571. The Kier molecular flexibility index (Phi) is 5.82. The van der Waals surface area contributed by atoms with Crippen molar-refractivity contribution in [1.29, 1.82) is 0 Å². The number of benzene rings is 1. The first-order valence-electron chi connectivity index (χ1n) is 6.50. The van der Waals surface area contributed by atoms with Crippen LogP contribution >= 0.6 is 0 Å². The summed E-state index contributed by atoms with van der Waals surface area (Å²) in [5.74, 6) is 0.122. The van der Waals surface area contributed by atoms with Gasteiger partial charge < -0.3 is 5.32 Å². The number of hydrogen-bond acceptors (Lipinski definition) is 3. The van der Waals surface area contributed by atoms with Crippen LogP contribution in [0.4, 0.5) is 0 Å². The minimum Gasteiger partial charge on any atom is -0.313 e. The maximum absolute atomic E-state index is 12.3. The van der Waals surface area contributed by atoms with Crippen LogP contribution in [0.2, 0.25) is 0 Å². The first-order valence-corrected chi connectivity index (χ1v) is 8.21. The van der Waals surface area contributed by atoms with Crippen molar-refractivity contribution >= 4 is 9.84 Å². The molecule has 0 saturated heterocycles. The van der Waals surface area contributed by atoms with Crippen molar-refractivity contribution in [1.82, 2.24) is 5.32 Å². The molecule has 0 spiro atoms. The van der Waals surface area contributed by atoms with E-state index in [2.05, 4.69) is 5.32 Å². The third-order valence-electron chi connectivity index (χ3n) is 3.25. The van der Waals surface area contributed by atoms with Crippen LogP contribution in [-0.2, 0) is 15.6 Å². The lowest BCUT2D eigenvalue weighted by molar-refractivity contribution is 0.482. The van der Waals surface area contributed by atoms with E-state index in [0.717, 1.165) is 18.5 Å². The largest absolute Gasteiger partial charge is 0.313 e. The van der Waals surface area contributed by atoms with Gasteiger partial charge in [-0.2, -0.15) is 0 Å². The zero-order valence-electron chi connectivity index (χ0n) is 11.4. The summed E-state index contributed by atoms with van der Waals surface area (Å²) in [6.45, 7) is 6.61. The van der Waals surface area contributed by atoms with Gasteiger partial charge in [-0.15, -0.1) is 0 Å². The number of sulfone groups is 1. The van der Waals surface area contributed by atoms with Gasteiger partial charge in [0.2, 0.25) is 0 Å². The lowest BCUT2D eigenvalue weighted by atomic mass is 10.2. The normalized spacial score (nSPS) is 15.3. The van der Waals surface area contributed by atoms with Crippen molar-refractivity contribution < 1.29 is 8.42 Å². The molecule has 4 heteroatoms.